The summed E-state index contributed by atoms with van der Waals surface area (Å²) in [6.07, 6.45) is 2.07. The van der Waals surface area contributed by atoms with Crippen LogP contribution in [-0.2, 0) is 14.3 Å². The van der Waals surface area contributed by atoms with E-state index in [0.717, 1.165) is 28.2 Å². The van der Waals surface area contributed by atoms with Crippen molar-refractivity contribution in [3.05, 3.63) is 51.9 Å². The van der Waals surface area contributed by atoms with Gasteiger partial charge in [0.25, 0.3) is 0 Å². The van der Waals surface area contributed by atoms with Gasteiger partial charge in [-0.05, 0) is 38.0 Å². The molecule has 3 N–H and O–H groups in total. The van der Waals surface area contributed by atoms with Crippen molar-refractivity contribution < 1.29 is 23.9 Å². The number of thioether (sulfide) groups is 1. The first kappa shape index (κ1) is 25.3. The van der Waals surface area contributed by atoms with Crippen LogP contribution in [0.1, 0.15) is 45.0 Å². The van der Waals surface area contributed by atoms with Crippen LogP contribution < -0.4 is 16.1 Å². The maximum atomic E-state index is 12.8. The lowest BCUT2D eigenvalue weighted by Gasteiger charge is -2.30. The second-order valence-electron chi connectivity index (χ2n) is 7.24. The number of para-hydroxylation sites is 1. The molecule has 0 fully saturated rings. The summed E-state index contributed by atoms with van der Waals surface area (Å²) in [4.78, 5) is 39.5. The Hall–Kier alpha value is -3.31. The van der Waals surface area contributed by atoms with E-state index in [1.165, 1.54) is 18.9 Å². The molecule has 0 bridgehead atoms. The molecule has 1 aliphatic rings. The van der Waals surface area contributed by atoms with Gasteiger partial charge in [0.05, 0.1) is 30.7 Å². The summed E-state index contributed by atoms with van der Waals surface area (Å²) in [7, 11) is 1.25. The lowest BCUT2D eigenvalue weighted by atomic mass is 10.0. The van der Waals surface area contributed by atoms with E-state index >= 15 is 0 Å². The summed E-state index contributed by atoms with van der Waals surface area (Å²) in [6, 6.07) is 7.90. The average Bonchev–Trinajstić information content (AvgIpc) is 3.15. The Morgan fingerprint density at radius 3 is 2.65 bits per heavy atom. The predicted octanol–water partition coefficient (Wildman–Crippen LogP) is 3.84. The number of carbonyl (C=O) groups is 3. The SMILES string of the molecule is CCOC(=O)c1c(NC(=O)CS/C(=N/N)N2CC=C(C)c3ccccc32)sc(C(=O)OC)c1C. The smallest absolute Gasteiger partial charge is 0.348 e. The fourth-order valence-electron chi connectivity index (χ4n) is 3.48. The van der Waals surface area contributed by atoms with Crippen LogP contribution in [-0.4, -0.2) is 49.0 Å². The zero-order valence-electron chi connectivity index (χ0n) is 19.3. The molecular weight excluding hydrogens is 476 g/mol. The van der Waals surface area contributed by atoms with Crippen LogP contribution in [0.4, 0.5) is 10.7 Å². The van der Waals surface area contributed by atoms with Gasteiger partial charge in [-0.25, -0.2) is 9.59 Å². The maximum Gasteiger partial charge on any atom is 0.348 e. The molecule has 0 saturated heterocycles. The molecule has 1 aliphatic heterocycles. The van der Waals surface area contributed by atoms with E-state index in [4.69, 9.17) is 15.3 Å². The van der Waals surface area contributed by atoms with Crippen molar-refractivity contribution >= 4 is 62.4 Å². The number of nitrogens with one attached hydrogen (secondary N) is 1. The number of anilines is 2. The van der Waals surface area contributed by atoms with Gasteiger partial charge in [-0.3, -0.25) is 4.79 Å². The topological polar surface area (TPSA) is 123 Å². The van der Waals surface area contributed by atoms with Crippen LogP contribution in [0.25, 0.3) is 5.57 Å². The second kappa shape index (κ2) is 11.2. The zero-order chi connectivity index (χ0) is 24.8. The number of nitrogens with two attached hydrogens (primary N) is 1. The van der Waals surface area contributed by atoms with E-state index in [0.29, 0.717) is 17.3 Å². The van der Waals surface area contributed by atoms with Gasteiger partial charge in [0.1, 0.15) is 9.88 Å². The number of hydrogen-bond donors (Lipinski definition) is 2. The number of benzene rings is 1. The number of amidine groups is 1. The molecule has 0 atom stereocenters. The molecule has 2 heterocycles. The molecule has 9 nitrogen and oxygen atoms in total. The van der Waals surface area contributed by atoms with Crippen LogP contribution >= 0.6 is 23.1 Å². The van der Waals surface area contributed by atoms with Crippen molar-refractivity contribution in [3.8, 4) is 0 Å². The molecule has 180 valence electrons. The Labute approximate surface area is 206 Å². The molecular formula is C23H26N4O5S2. The van der Waals surface area contributed by atoms with E-state index in [9.17, 15) is 14.4 Å². The number of rotatable bonds is 6. The molecule has 1 aromatic heterocycles. The van der Waals surface area contributed by atoms with Crippen LogP contribution in [0.5, 0.6) is 0 Å². The highest BCUT2D eigenvalue weighted by molar-refractivity contribution is 8.14. The molecule has 0 spiro atoms. The number of carbonyl (C=O) groups excluding carboxylic acids is 3. The minimum absolute atomic E-state index is 0.00975. The summed E-state index contributed by atoms with van der Waals surface area (Å²) in [5, 5.41) is 7.34. The molecule has 1 aromatic carbocycles. The first-order chi connectivity index (χ1) is 16.3. The number of esters is 2. The van der Waals surface area contributed by atoms with Gasteiger partial charge in [0, 0.05) is 12.1 Å². The van der Waals surface area contributed by atoms with Gasteiger partial charge in [-0.15, -0.1) is 11.3 Å². The number of thiophene rings is 1. The number of methoxy groups -OCH3 is 1. The summed E-state index contributed by atoms with van der Waals surface area (Å²) >= 11 is 2.14. The quantitative estimate of drug-likeness (QED) is 0.201. The third-order valence-electron chi connectivity index (χ3n) is 5.12. The number of amides is 1. The first-order valence-corrected chi connectivity index (χ1v) is 12.3. The lowest BCUT2D eigenvalue weighted by Crippen LogP contribution is -2.33. The average molecular weight is 503 g/mol. The predicted molar refractivity (Wildman–Crippen MR) is 137 cm³/mol. The van der Waals surface area contributed by atoms with Crippen molar-refractivity contribution in [3.63, 3.8) is 0 Å². The molecule has 1 amide bonds. The van der Waals surface area contributed by atoms with Crippen LogP contribution in [0.2, 0.25) is 0 Å². The number of fused-ring (bicyclic) bond motifs is 1. The highest BCUT2D eigenvalue weighted by Gasteiger charge is 2.27. The molecule has 0 aliphatic carbocycles. The van der Waals surface area contributed by atoms with Crippen LogP contribution in [0, 0.1) is 6.92 Å². The Kier molecular flexibility index (Phi) is 8.35. The summed E-state index contributed by atoms with van der Waals surface area (Å²) in [5.74, 6) is 4.06. The number of nitrogens with zero attached hydrogens (tertiary/aromatic N) is 2. The monoisotopic (exact) mass is 502 g/mol. The van der Waals surface area contributed by atoms with Crippen molar-refractivity contribution in [2.24, 2.45) is 10.9 Å². The highest BCUT2D eigenvalue weighted by Crippen LogP contribution is 2.35. The third kappa shape index (κ3) is 5.26. The van der Waals surface area contributed by atoms with Crippen LogP contribution in [0.3, 0.4) is 0 Å². The number of ether oxygens (including phenoxy) is 2. The highest BCUT2D eigenvalue weighted by atomic mass is 32.2. The fourth-order valence-corrected chi connectivity index (χ4v) is 5.34. The van der Waals surface area contributed by atoms with Crippen molar-refractivity contribution in [2.45, 2.75) is 20.8 Å². The maximum absolute atomic E-state index is 12.8. The van der Waals surface area contributed by atoms with Gasteiger partial charge in [0.15, 0.2) is 5.17 Å². The lowest BCUT2D eigenvalue weighted by molar-refractivity contribution is -0.113. The van der Waals surface area contributed by atoms with Gasteiger partial charge >= 0.3 is 11.9 Å². The number of hydrogen-bond acceptors (Lipinski definition) is 9. The molecule has 3 rings (SSSR count). The van der Waals surface area contributed by atoms with Crippen LogP contribution in [0.15, 0.2) is 35.4 Å². The van der Waals surface area contributed by atoms with Crippen molar-refractivity contribution in [2.75, 3.05) is 36.2 Å². The minimum Gasteiger partial charge on any atom is -0.465 e. The molecule has 11 heteroatoms. The Morgan fingerprint density at radius 1 is 1.24 bits per heavy atom. The van der Waals surface area contributed by atoms with Gasteiger partial charge in [-0.1, -0.05) is 36.0 Å². The zero-order valence-corrected chi connectivity index (χ0v) is 21.0. The molecule has 0 unspecified atom stereocenters. The molecule has 0 saturated carbocycles. The number of allylic oxidation sites excluding steroid dienone is 1. The number of hydrazone groups is 1. The second-order valence-corrected chi connectivity index (χ2v) is 9.20. The van der Waals surface area contributed by atoms with Crippen molar-refractivity contribution in [1.29, 1.82) is 0 Å². The molecule has 0 radical (unpaired) electrons. The van der Waals surface area contributed by atoms with Gasteiger partial charge in [0.2, 0.25) is 5.91 Å². The normalized spacial score (nSPS) is 13.1. The standard InChI is InChI=1S/C23H26N4O5S2/c1-5-32-21(29)18-14(3)19(22(30)31-4)34-20(18)25-17(28)12-33-23(26-24)27-11-10-13(2)15-8-6-7-9-16(15)27/h6-10H,5,11-12,24H2,1-4H3,(H,25,28)/b26-23+. The van der Waals surface area contributed by atoms with Gasteiger partial charge in [-0.2, -0.15) is 5.10 Å². The van der Waals surface area contributed by atoms with E-state index in [2.05, 4.69) is 16.5 Å². The van der Waals surface area contributed by atoms with E-state index < -0.39 is 11.9 Å². The molecule has 34 heavy (non-hydrogen) atoms. The van der Waals surface area contributed by atoms with Gasteiger partial charge < -0.3 is 25.5 Å². The van der Waals surface area contributed by atoms with Crippen molar-refractivity contribution in [1.82, 2.24) is 0 Å². The Balaban J connectivity index is 1.76. The Morgan fingerprint density at radius 2 is 1.97 bits per heavy atom. The van der Waals surface area contributed by atoms with E-state index in [-0.39, 0.29) is 33.7 Å². The van der Waals surface area contributed by atoms with E-state index in [1.54, 1.807) is 13.8 Å². The fraction of sp³-hybridized carbons (Fsp3) is 0.304. The minimum atomic E-state index is -0.620. The largest absolute Gasteiger partial charge is 0.465 e. The molecule has 2 aromatic rings. The first-order valence-electron chi connectivity index (χ1n) is 10.4. The summed E-state index contributed by atoms with van der Waals surface area (Å²) < 4.78 is 9.90. The third-order valence-corrected chi connectivity index (χ3v) is 7.30. The summed E-state index contributed by atoms with van der Waals surface area (Å²) in [5.41, 5.74) is 3.73. The van der Waals surface area contributed by atoms with E-state index in [1.807, 2.05) is 36.1 Å². The summed E-state index contributed by atoms with van der Waals surface area (Å²) in [6.45, 7) is 6.07. The Bertz CT molecular complexity index is 1170.